The topological polar surface area (TPSA) is 88.8 Å². The van der Waals surface area contributed by atoms with Crippen molar-refractivity contribution >= 4 is 49.5 Å². The molecule has 3 aromatic carbocycles. The second-order valence-electron chi connectivity index (χ2n) is 7.80. The van der Waals surface area contributed by atoms with Crippen molar-refractivity contribution in [1.29, 1.82) is 0 Å². The van der Waals surface area contributed by atoms with Crippen LogP contribution in [0.3, 0.4) is 0 Å². The molecule has 7 heteroatoms. The molecule has 0 bridgehead atoms. The average Bonchev–Trinajstić information content (AvgIpc) is 3.19. The first-order valence-corrected chi connectivity index (χ1v) is 11.6. The van der Waals surface area contributed by atoms with E-state index in [1.54, 1.807) is 6.07 Å². The first-order valence-electron chi connectivity index (χ1n) is 10.8. The van der Waals surface area contributed by atoms with Crippen molar-refractivity contribution in [1.82, 2.24) is 5.32 Å². The van der Waals surface area contributed by atoms with Gasteiger partial charge in [0.1, 0.15) is 17.1 Å². The molecular weight excluding hydrogens is 486 g/mol. The molecule has 170 valence electrons. The standard InChI is InChI=1S/C26H24BrNO5/c1-2-3-7-21-24(19-6-4-5-8-20(19)33-21)26(31)28-14-16-9-11-18-17(13-16)10-12-22(25(18)27)32-15-23(29)30/h4-6,8-13H,2-3,7,14-15H2,1H3,(H,28,31)(H,29,30). The van der Waals surface area contributed by atoms with Crippen molar-refractivity contribution < 1.29 is 23.8 Å². The molecule has 0 aliphatic carbocycles. The maximum Gasteiger partial charge on any atom is 0.341 e. The predicted octanol–water partition coefficient (Wildman–Crippen LogP) is 6.08. The highest BCUT2D eigenvalue weighted by Gasteiger charge is 2.20. The van der Waals surface area contributed by atoms with Gasteiger partial charge in [-0.15, -0.1) is 0 Å². The minimum atomic E-state index is -1.03. The number of unbranched alkanes of at least 4 members (excludes halogenated alkanes) is 1. The number of amides is 1. The first kappa shape index (κ1) is 22.9. The lowest BCUT2D eigenvalue weighted by Crippen LogP contribution is -2.23. The summed E-state index contributed by atoms with van der Waals surface area (Å²) in [4.78, 5) is 23.9. The second kappa shape index (κ2) is 10.1. The molecule has 4 aromatic rings. The zero-order valence-electron chi connectivity index (χ0n) is 18.2. The fraction of sp³-hybridized carbons (Fsp3) is 0.231. The van der Waals surface area contributed by atoms with Crippen LogP contribution in [0.25, 0.3) is 21.7 Å². The van der Waals surface area contributed by atoms with E-state index in [-0.39, 0.29) is 5.91 Å². The van der Waals surface area contributed by atoms with Crippen LogP contribution in [-0.4, -0.2) is 23.6 Å². The van der Waals surface area contributed by atoms with E-state index in [1.807, 2.05) is 48.5 Å². The summed E-state index contributed by atoms with van der Waals surface area (Å²) in [5.74, 6) is 0.0189. The average molecular weight is 510 g/mol. The monoisotopic (exact) mass is 509 g/mol. The van der Waals surface area contributed by atoms with Gasteiger partial charge in [-0.25, -0.2) is 4.79 Å². The predicted molar refractivity (Wildman–Crippen MR) is 131 cm³/mol. The van der Waals surface area contributed by atoms with Gasteiger partial charge in [-0.05, 0) is 56.9 Å². The summed E-state index contributed by atoms with van der Waals surface area (Å²) in [6.45, 7) is 2.08. The van der Waals surface area contributed by atoms with E-state index < -0.39 is 12.6 Å². The molecule has 0 aliphatic heterocycles. The molecule has 0 fully saturated rings. The number of hydrogen-bond acceptors (Lipinski definition) is 4. The van der Waals surface area contributed by atoms with E-state index in [9.17, 15) is 9.59 Å². The summed E-state index contributed by atoms with van der Waals surface area (Å²) in [6, 6.07) is 17.1. The fourth-order valence-electron chi connectivity index (χ4n) is 3.81. The molecule has 0 saturated carbocycles. The number of furan rings is 1. The Morgan fingerprint density at radius 2 is 1.91 bits per heavy atom. The van der Waals surface area contributed by atoms with E-state index in [0.717, 1.165) is 52.3 Å². The van der Waals surface area contributed by atoms with E-state index in [0.29, 0.717) is 22.3 Å². The van der Waals surface area contributed by atoms with Crippen LogP contribution in [0.5, 0.6) is 5.75 Å². The SMILES string of the molecule is CCCCc1oc2ccccc2c1C(=O)NCc1ccc2c(Br)c(OCC(=O)O)ccc2c1. The number of carbonyl (C=O) groups is 2. The van der Waals surface area contributed by atoms with E-state index in [1.165, 1.54) is 0 Å². The molecule has 1 amide bonds. The summed E-state index contributed by atoms with van der Waals surface area (Å²) in [5, 5.41) is 14.5. The number of carboxylic acid groups (broad SMARTS) is 1. The number of para-hydroxylation sites is 1. The highest BCUT2D eigenvalue weighted by atomic mass is 79.9. The van der Waals surface area contributed by atoms with Gasteiger partial charge >= 0.3 is 5.97 Å². The number of carboxylic acids is 1. The third-order valence-corrected chi connectivity index (χ3v) is 6.26. The molecule has 4 rings (SSSR count). The van der Waals surface area contributed by atoms with Gasteiger partial charge in [-0.3, -0.25) is 4.79 Å². The number of nitrogens with one attached hydrogen (secondary N) is 1. The molecule has 33 heavy (non-hydrogen) atoms. The van der Waals surface area contributed by atoms with Crippen LogP contribution >= 0.6 is 15.9 Å². The van der Waals surface area contributed by atoms with Crippen LogP contribution in [0.4, 0.5) is 0 Å². The number of aliphatic carboxylic acids is 1. The molecule has 1 heterocycles. The highest BCUT2D eigenvalue weighted by Crippen LogP contribution is 2.34. The molecular formula is C26H24BrNO5. The van der Waals surface area contributed by atoms with Crippen molar-refractivity contribution in [3.63, 3.8) is 0 Å². The number of fused-ring (bicyclic) bond motifs is 2. The lowest BCUT2D eigenvalue weighted by atomic mass is 10.1. The lowest BCUT2D eigenvalue weighted by molar-refractivity contribution is -0.139. The summed E-state index contributed by atoms with van der Waals surface area (Å²) in [5.41, 5.74) is 2.29. The van der Waals surface area contributed by atoms with Gasteiger partial charge in [0.2, 0.25) is 0 Å². The Morgan fingerprint density at radius 1 is 1.09 bits per heavy atom. The van der Waals surface area contributed by atoms with Crippen LogP contribution in [0.1, 0.15) is 41.4 Å². The summed E-state index contributed by atoms with van der Waals surface area (Å²) in [6.07, 6.45) is 2.70. The highest BCUT2D eigenvalue weighted by molar-refractivity contribution is 9.10. The van der Waals surface area contributed by atoms with Crippen LogP contribution in [0.15, 0.2) is 63.5 Å². The normalized spacial score (nSPS) is 11.1. The van der Waals surface area contributed by atoms with Crippen LogP contribution in [-0.2, 0) is 17.8 Å². The quantitative estimate of drug-likeness (QED) is 0.285. The van der Waals surface area contributed by atoms with Crippen molar-refractivity contribution in [3.8, 4) is 5.75 Å². The molecule has 1 aromatic heterocycles. The number of benzene rings is 3. The van der Waals surface area contributed by atoms with Gasteiger partial charge in [0.05, 0.1) is 10.0 Å². The van der Waals surface area contributed by atoms with E-state index in [2.05, 4.69) is 28.2 Å². The number of rotatable bonds is 9. The summed E-state index contributed by atoms with van der Waals surface area (Å²) >= 11 is 3.50. The number of carbonyl (C=O) groups excluding carboxylic acids is 1. The smallest absolute Gasteiger partial charge is 0.341 e. The minimum Gasteiger partial charge on any atom is -0.481 e. The van der Waals surface area contributed by atoms with Crippen LogP contribution in [0.2, 0.25) is 0 Å². The zero-order valence-corrected chi connectivity index (χ0v) is 19.8. The van der Waals surface area contributed by atoms with E-state index >= 15 is 0 Å². The molecule has 0 radical (unpaired) electrons. The molecule has 0 saturated heterocycles. The van der Waals surface area contributed by atoms with Gasteiger partial charge in [0.15, 0.2) is 6.61 Å². The number of halogens is 1. The Bertz CT molecular complexity index is 1330. The Balaban J connectivity index is 1.53. The molecule has 0 aliphatic rings. The molecule has 0 spiro atoms. The van der Waals surface area contributed by atoms with Crippen molar-refractivity contribution in [2.45, 2.75) is 32.7 Å². The van der Waals surface area contributed by atoms with Crippen molar-refractivity contribution in [3.05, 3.63) is 76.0 Å². The van der Waals surface area contributed by atoms with Gasteiger partial charge in [-0.2, -0.15) is 0 Å². The molecule has 0 atom stereocenters. The van der Waals surface area contributed by atoms with Crippen molar-refractivity contribution in [2.24, 2.45) is 0 Å². The molecule has 0 unspecified atom stereocenters. The number of hydrogen-bond donors (Lipinski definition) is 2. The van der Waals surface area contributed by atoms with Gasteiger partial charge in [0, 0.05) is 18.4 Å². The number of aryl methyl sites for hydroxylation is 1. The van der Waals surface area contributed by atoms with Gasteiger partial charge in [-0.1, -0.05) is 49.7 Å². The summed E-state index contributed by atoms with van der Waals surface area (Å²) in [7, 11) is 0. The maximum absolute atomic E-state index is 13.1. The van der Waals surface area contributed by atoms with Crippen LogP contribution < -0.4 is 10.1 Å². The van der Waals surface area contributed by atoms with Crippen molar-refractivity contribution in [2.75, 3.05) is 6.61 Å². The fourth-order valence-corrected chi connectivity index (χ4v) is 4.42. The Labute approximate surface area is 199 Å². The van der Waals surface area contributed by atoms with Gasteiger partial charge in [0.25, 0.3) is 5.91 Å². The molecule has 6 nitrogen and oxygen atoms in total. The van der Waals surface area contributed by atoms with Crippen LogP contribution in [0, 0.1) is 0 Å². The molecule has 2 N–H and O–H groups in total. The summed E-state index contributed by atoms with van der Waals surface area (Å²) < 4.78 is 12.0. The maximum atomic E-state index is 13.1. The zero-order chi connectivity index (χ0) is 23.4. The third-order valence-electron chi connectivity index (χ3n) is 5.44. The minimum absolute atomic E-state index is 0.148. The Kier molecular flexibility index (Phi) is 6.99. The lowest BCUT2D eigenvalue weighted by Gasteiger charge is -2.11. The first-order chi connectivity index (χ1) is 16.0. The van der Waals surface area contributed by atoms with Gasteiger partial charge < -0.3 is 19.6 Å². The second-order valence-corrected chi connectivity index (χ2v) is 8.59. The Hall–Kier alpha value is -3.32. The number of ether oxygens (including phenoxy) is 1. The van der Waals surface area contributed by atoms with E-state index in [4.69, 9.17) is 14.3 Å². The Morgan fingerprint density at radius 3 is 2.70 bits per heavy atom. The third kappa shape index (κ3) is 5.03. The largest absolute Gasteiger partial charge is 0.481 e.